The zero-order chi connectivity index (χ0) is 14.6. The largest absolute Gasteiger partial charge is 0.494 e. The first-order valence-electron chi connectivity index (χ1n) is 7.63. The van der Waals surface area contributed by atoms with Gasteiger partial charge in [-0.1, -0.05) is 25.5 Å². The molecule has 3 nitrogen and oxygen atoms in total. The fourth-order valence-electron chi connectivity index (χ4n) is 1.92. The Morgan fingerprint density at radius 3 is 2.45 bits per heavy atom. The predicted octanol–water partition coefficient (Wildman–Crippen LogP) is 4.14. The fourth-order valence-corrected chi connectivity index (χ4v) is 1.92. The number of carbonyl (C=O) groups is 1. The summed E-state index contributed by atoms with van der Waals surface area (Å²) in [6.07, 6.45) is 5.65. The average Bonchev–Trinajstić information content (AvgIpc) is 2.46. The Morgan fingerprint density at radius 2 is 1.80 bits per heavy atom. The molecule has 0 aliphatic rings. The van der Waals surface area contributed by atoms with Crippen molar-refractivity contribution >= 4 is 5.97 Å². The van der Waals surface area contributed by atoms with E-state index in [4.69, 9.17) is 9.47 Å². The Balaban J connectivity index is 2.19. The van der Waals surface area contributed by atoms with E-state index in [-0.39, 0.29) is 5.97 Å². The second kappa shape index (κ2) is 10.3. The third-order valence-corrected chi connectivity index (χ3v) is 3.09. The maximum Gasteiger partial charge on any atom is 0.305 e. The third-order valence-electron chi connectivity index (χ3n) is 3.09. The number of hydrogen-bond acceptors (Lipinski definition) is 3. The summed E-state index contributed by atoms with van der Waals surface area (Å²) in [5, 5.41) is 0. The van der Waals surface area contributed by atoms with E-state index in [1.54, 1.807) is 0 Å². The Morgan fingerprint density at radius 1 is 1.05 bits per heavy atom. The van der Waals surface area contributed by atoms with Crippen LogP contribution in [-0.2, 0) is 16.0 Å². The maximum absolute atomic E-state index is 11.2. The summed E-state index contributed by atoms with van der Waals surface area (Å²) in [5.41, 5.74) is 1.29. The highest BCUT2D eigenvalue weighted by atomic mass is 16.5. The number of hydrogen-bond donors (Lipinski definition) is 0. The van der Waals surface area contributed by atoms with Crippen LogP contribution < -0.4 is 4.74 Å². The van der Waals surface area contributed by atoms with Gasteiger partial charge in [-0.05, 0) is 50.3 Å². The Kier molecular flexibility index (Phi) is 8.52. The molecule has 0 aliphatic heterocycles. The molecule has 0 spiro atoms. The molecule has 0 atom stereocenters. The Labute approximate surface area is 122 Å². The number of ether oxygens (including phenoxy) is 2. The maximum atomic E-state index is 11.2. The number of unbranched alkanes of at least 4 members (excludes halogenated alkanes) is 2. The topological polar surface area (TPSA) is 35.5 Å². The van der Waals surface area contributed by atoms with Gasteiger partial charge in [0.1, 0.15) is 5.75 Å². The molecule has 1 aromatic rings. The van der Waals surface area contributed by atoms with Gasteiger partial charge in [-0.15, -0.1) is 0 Å². The summed E-state index contributed by atoms with van der Waals surface area (Å²) in [7, 11) is 0. The highest BCUT2D eigenvalue weighted by molar-refractivity contribution is 5.69. The Bertz CT molecular complexity index is 370. The molecule has 0 saturated heterocycles. The smallest absolute Gasteiger partial charge is 0.305 e. The van der Waals surface area contributed by atoms with Crippen LogP contribution >= 0.6 is 0 Å². The third kappa shape index (κ3) is 7.17. The molecule has 0 radical (unpaired) electrons. The SMILES string of the molecule is CCCCOc1ccc(CCCCC(=O)OCC)cc1. The van der Waals surface area contributed by atoms with E-state index < -0.39 is 0 Å². The summed E-state index contributed by atoms with van der Waals surface area (Å²) < 4.78 is 10.5. The number of rotatable bonds is 10. The predicted molar refractivity (Wildman–Crippen MR) is 81.0 cm³/mol. The molecule has 0 amide bonds. The molecular weight excluding hydrogens is 252 g/mol. The van der Waals surface area contributed by atoms with E-state index in [9.17, 15) is 4.79 Å². The van der Waals surface area contributed by atoms with Crippen LogP contribution in [0.5, 0.6) is 5.75 Å². The summed E-state index contributed by atoms with van der Waals surface area (Å²) in [4.78, 5) is 11.2. The molecule has 0 heterocycles. The quantitative estimate of drug-likeness (QED) is 0.476. The van der Waals surface area contributed by atoms with Crippen LogP contribution in [0.25, 0.3) is 0 Å². The molecule has 1 aromatic carbocycles. The van der Waals surface area contributed by atoms with Gasteiger partial charge in [0.05, 0.1) is 13.2 Å². The molecular formula is C17H26O3. The molecule has 0 bridgehead atoms. The summed E-state index contributed by atoms with van der Waals surface area (Å²) in [6.45, 7) is 5.25. The second-order valence-electron chi connectivity index (χ2n) is 4.86. The molecule has 0 N–H and O–H groups in total. The molecule has 0 unspecified atom stereocenters. The van der Waals surface area contributed by atoms with Gasteiger partial charge in [0, 0.05) is 6.42 Å². The van der Waals surface area contributed by atoms with Crippen LogP contribution in [-0.4, -0.2) is 19.2 Å². The van der Waals surface area contributed by atoms with E-state index in [1.807, 2.05) is 19.1 Å². The van der Waals surface area contributed by atoms with Gasteiger partial charge in [0.2, 0.25) is 0 Å². The van der Waals surface area contributed by atoms with Crippen LogP contribution in [0.3, 0.4) is 0 Å². The minimum atomic E-state index is -0.0906. The first-order chi connectivity index (χ1) is 9.76. The number of carbonyl (C=O) groups excluding carboxylic acids is 1. The molecule has 20 heavy (non-hydrogen) atoms. The molecule has 0 aromatic heterocycles. The van der Waals surface area contributed by atoms with E-state index in [2.05, 4.69) is 19.1 Å². The summed E-state index contributed by atoms with van der Waals surface area (Å²) in [6, 6.07) is 8.25. The van der Waals surface area contributed by atoms with Crippen molar-refractivity contribution in [3.63, 3.8) is 0 Å². The highest BCUT2D eigenvalue weighted by Crippen LogP contribution is 2.14. The van der Waals surface area contributed by atoms with Crippen molar-refractivity contribution in [1.29, 1.82) is 0 Å². The van der Waals surface area contributed by atoms with E-state index in [1.165, 1.54) is 5.56 Å². The van der Waals surface area contributed by atoms with Crippen molar-refractivity contribution in [3.8, 4) is 5.75 Å². The Hall–Kier alpha value is -1.51. The van der Waals surface area contributed by atoms with Crippen molar-refractivity contribution in [2.24, 2.45) is 0 Å². The van der Waals surface area contributed by atoms with Crippen LogP contribution in [0, 0.1) is 0 Å². The first-order valence-corrected chi connectivity index (χ1v) is 7.63. The minimum absolute atomic E-state index is 0.0906. The first kappa shape index (κ1) is 16.5. The molecule has 112 valence electrons. The highest BCUT2D eigenvalue weighted by Gasteiger charge is 2.01. The normalized spacial score (nSPS) is 10.3. The van der Waals surface area contributed by atoms with Crippen molar-refractivity contribution < 1.29 is 14.3 Å². The lowest BCUT2D eigenvalue weighted by molar-refractivity contribution is -0.143. The minimum Gasteiger partial charge on any atom is -0.494 e. The van der Waals surface area contributed by atoms with E-state index >= 15 is 0 Å². The fraction of sp³-hybridized carbons (Fsp3) is 0.588. The van der Waals surface area contributed by atoms with Gasteiger partial charge < -0.3 is 9.47 Å². The van der Waals surface area contributed by atoms with Gasteiger partial charge >= 0.3 is 5.97 Å². The van der Waals surface area contributed by atoms with Crippen LogP contribution in [0.2, 0.25) is 0 Å². The zero-order valence-electron chi connectivity index (χ0n) is 12.7. The second-order valence-corrected chi connectivity index (χ2v) is 4.86. The van der Waals surface area contributed by atoms with Crippen molar-refractivity contribution in [2.45, 2.75) is 52.4 Å². The molecule has 1 rings (SSSR count). The van der Waals surface area contributed by atoms with E-state index in [0.717, 1.165) is 44.5 Å². The van der Waals surface area contributed by atoms with Gasteiger partial charge in [-0.3, -0.25) is 4.79 Å². The van der Waals surface area contributed by atoms with Gasteiger partial charge in [0.15, 0.2) is 0 Å². The summed E-state index contributed by atoms with van der Waals surface area (Å²) in [5.74, 6) is 0.848. The van der Waals surface area contributed by atoms with Crippen LogP contribution in [0.4, 0.5) is 0 Å². The van der Waals surface area contributed by atoms with Gasteiger partial charge in [0.25, 0.3) is 0 Å². The number of aryl methyl sites for hydroxylation is 1. The van der Waals surface area contributed by atoms with Crippen molar-refractivity contribution in [1.82, 2.24) is 0 Å². The number of esters is 1. The van der Waals surface area contributed by atoms with Crippen molar-refractivity contribution in [2.75, 3.05) is 13.2 Å². The van der Waals surface area contributed by atoms with Crippen LogP contribution in [0.15, 0.2) is 24.3 Å². The lowest BCUT2D eigenvalue weighted by Gasteiger charge is -2.06. The van der Waals surface area contributed by atoms with Crippen molar-refractivity contribution in [3.05, 3.63) is 29.8 Å². The van der Waals surface area contributed by atoms with Crippen LogP contribution in [0.1, 0.15) is 51.5 Å². The molecule has 0 saturated carbocycles. The standard InChI is InChI=1S/C17H26O3/c1-3-5-14-20-16-12-10-15(11-13-16)8-6-7-9-17(18)19-4-2/h10-13H,3-9,14H2,1-2H3. The van der Waals surface area contributed by atoms with E-state index in [0.29, 0.717) is 13.0 Å². The monoisotopic (exact) mass is 278 g/mol. The number of benzene rings is 1. The lowest BCUT2D eigenvalue weighted by atomic mass is 10.1. The van der Waals surface area contributed by atoms with Gasteiger partial charge in [-0.25, -0.2) is 0 Å². The molecule has 3 heteroatoms. The lowest BCUT2D eigenvalue weighted by Crippen LogP contribution is -2.03. The average molecular weight is 278 g/mol. The molecule has 0 fully saturated rings. The zero-order valence-corrected chi connectivity index (χ0v) is 12.7. The molecule has 0 aliphatic carbocycles. The summed E-state index contributed by atoms with van der Waals surface area (Å²) >= 11 is 0. The van der Waals surface area contributed by atoms with Gasteiger partial charge in [-0.2, -0.15) is 0 Å².